The van der Waals surface area contributed by atoms with Gasteiger partial charge in [0.05, 0.1) is 16.7 Å². The predicted octanol–water partition coefficient (Wildman–Crippen LogP) is 1.28. The number of amides is 3. The van der Waals surface area contributed by atoms with Gasteiger partial charge in [-0.05, 0) is 25.0 Å². The van der Waals surface area contributed by atoms with Crippen LogP contribution in [-0.2, 0) is 4.79 Å². The second kappa shape index (κ2) is 6.41. The van der Waals surface area contributed by atoms with Crippen LogP contribution in [0.2, 0.25) is 0 Å². The van der Waals surface area contributed by atoms with Crippen LogP contribution in [0.25, 0.3) is 10.9 Å². The van der Waals surface area contributed by atoms with Crippen molar-refractivity contribution in [2.24, 2.45) is 0 Å². The van der Waals surface area contributed by atoms with Crippen LogP contribution < -0.4 is 16.2 Å². The lowest BCUT2D eigenvalue weighted by Crippen LogP contribution is -2.38. The number of carbonyl (C=O) groups is 2. The van der Waals surface area contributed by atoms with Crippen LogP contribution in [0.15, 0.2) is 34.2 Å². The van der Waals surface area contributed by atoms with E-state index in [1.54, 1.807) is 16.7 Å². The average molecular weight is 332 g/mol. The molecule has 2 N–H and O–H groups in total. The lowest BCUT2D eigenvalue weighted by molar-refractivity contribution is -0.117. The Morgan fingerprint density at radius 2 is 2.09 bits per heavy atom. The van der Waals surface area contributed by atoms with Crippen LogP contribution in [-0.4, -0.2) is 34.3 Å². The molecule has 0 radical (unpaired) electrons. The highest BCUT2D eigenvalue weighted by Crippen LogP contribution is 2.36. The number of imide groups is 1. The van der Waals surface area contributed by atoms with Crippen molar-refractivity contribution in [1.29, 1.82) is 0 Å². The molecular weight excluding hydrogens is 316 g/mol. The zero-order chi connectivity index (χ0) is 16.4. The molecule has 0 saturated heterocycles. The van der Waals surface area contributed by atoms with Gasteiger partial charge in [-0.3, -0.25) is 19.5 Å². The molecule has 1 aromatic carbocycles. The summed E-state index contributed by atoms with van der Waals surface area (Å²) in [6.07, 6.45) is 1.88. The topological polar surface area (TPSA) is 93.1 Å². The number of nitrogens with zero attached hydrogens (tertiary/aromatic N) is 2. The minimum Gasteiger partial charge on any atom is -0.341 e. The van der Waals surface area contributed by atoms with E-state index < -0.39 is 11.9 Å². The van der Waals surface area contributed by atoms with Crippen molar-refractivity contribution in [2.45, 2.75) is 24.0 Å². The van der Waals surface area contributed by atoms with Crippen LogP contribution in [0.3, 0.4) is 0 Å². The molecule has 1 aliphatic rings. The Labute approximate surface area is 136 Å². The van der Waals surface area contributed by atoms with Crippen LogP contribution >= 0.6 is 11.8 Å². The molecule has 1 saturated carbocycles. The van der Waals surface area contributed by atoms with Gasteiger partial charge in [-0.2, -0.15) is 0 Å². The van der Waals surface area contributed by atoms with E-state index in [2.05, 4.69) is 15.6 Å². The fourth-order valence-electron chi connectivity index (χ4n) is 2.24. The molecule has 120 valence electrons. The van der Waals surface area contributed by atoms with Crippen molar-refractivity contribution in [3.8, 4) is 0 Å². The van der Waals surface area contributed by atoms with Gasteiger partial charge >= 0.3 is 6.03 Å². The van der Waals surface area contributed by atoms with E-state index in [0.717, 1.165) is 24.6 Å². The molecule has 3 rings (SSSR count). The zero-order valence-corrected chi connectivity index (χ0v) is 13.4. The summed E-state index contributed by atoms with van der Waals surface area (Å²) in [6, 6.07) is 6.78. The highest BCUT2D eigenvalue weighted by atomic mass is 32.2. The molecule has 1 fully saturated rings. The van der Waals surface area contributed by atoms with E-state index in [0.29, 0.717) is 16.1 Å². The van der Waals surface area contributed by atoms with Gasteiger partial charge < -0.3 is 5.32 Å². The minimum absolute atomic E-state index is 0.0188. The van der Waals surface area contributed by atoms with E-state index in [9.17, 15) is 14.4 Å². The summed E-state index contributed by atoms with van der Waals surface area (Å²) in [5, 5.41) is 5.61. The smallest absolute Gasteiger partial charge is 0.321 e. The Hall–Kier alpha value is -2.35. The normalized spacial score (nSPS) is 13.8. The first-order valence-electron chi connectivity index (χ1n) is 7.26. The predicted molar refractivity (Wildman–Crippen MR) is 87.6 cm³/mol. The molecule has 1 heterocycles. The van der Waals surface area contributed by atoms with Crippen molar-refractivity contribution in [3.63, 3.8) is 0 Å². The van der Waals surface area contributed by atoms with Crippen LogP contribution in [0.1, 0.15) is 18.9 Å². The third-order valence-electron chi connectivity index (χ3n) is 3.50. The first-order chi connectivity index (χ1) is 11.1. The lowest BCUT2D eigenvalue weighted by Gasteiger charge is -2.12. The standard InChI is InChI=1S/C15H16N4O3S/c1-16-14(22)18-12(20)8-23-15-17-11-5-3-2-4-10(11)13(21)19(15)9-6-7-9/h2-5,9H,6-8H2,1H3,(H2,16,18,20,22). The molecule has 0 atom stereocenters. The number of carbonyl (C=O) groups excluding carboxylic acids is 2. The molecule has 3 amide bonds. The highest BCUT2D eigenvalue weighted by molar-refractivity contribution is 7.99. The first kappa shape index (κ1) is 15.5. The van der Waals surface area contributed by atoms with Gasteiger partial charge in [0.1, 0.15) is 0 Å². The summed E-state index contributed by atoms with van der Waals surface area (Å²) in [5.74, 6) is -0.413. The molecule has 7 nitrogen and oxygen atoms in total. The van der Waals surface area contributed by atoms with E-state index in [4.69, 9.17) is 0 Å². The van der Waals surface area contributed by atoms with Gasteiger partial charge in [-0.1, -0.05) is 23.9 Å². The Morgan fingerprint density at radius 3 is 2.78 bits per heavy atom. The second-order valence-corrected chi connectivity index (χ2v) is 6.18. The maximum absolute atomic E-state index is 12.6. The fourth-order valence-corrected chi connectivity index (χ4v) is 3.10. The summed E-state index contributed by atoms with van der Waals surface area (Å²) in [4.78, 5) is 40.0. The fraction of sp³-hybridized carbons (Fsp3) is 0.333. The summed E-state index contributed by atoms with van der Waals surface area (Å²) < 4.78 is 1.67. The zero-order valence-electron chi connectivity index (χ0n) is 12.5. The molecule has 8 heteroatoms. The third kappa shape index (κ3) is 3.37. The number of nitrogens with one attached hydrogen (secondary N) is 2. The minimum atomic E-state index is -0.554. The number of rotatable bonds is 4. The van der Waals surface area contributed by atoms with Gasteiger partial charge in [-0.25, -0.2) is 9.78 Å². The summed E-state index contributed by atoms with van der Waals surface area (Å²) in [6.45, 7) is 0. The SMILES string of the molecule is CNC(=O)NC(=O)CSc1nc2ccccc2c(=O)n1C1CC1. The van der Waals surface area contributed by atoms with E-state index in [1.165, 1.54) is 7.05 Å². The Kier molecular flexibility index (Phi) is 4.33. The molecule has 0 spiro atoms. The second-order valence-electron chi connectivity index (χ2n) is 5.23. The maximum Gasteiger partial charge on any atom is 0.321 e. The van der Waals surface area contributed by atoms with Crippen LogP contribution in [0.4, 0.5) is 4.79 Å². The molecule has 2 aromatic rings. The van der Waals surface area contributed by atoms with E-state index in [1.807, 2.05) is 12.1 Å². The lowest BCUT2D eigenvalue weighted by atomic mass is 10.2. The van der Waals surface area contributed by atoms with E-state index in [-0.39, 0.29) is 17.4 Å². The number of benzene rings is 1. The van der Waals surface area contributed by atoms with Crippen molar-refractivity contribution >= 4 is 34.6 Å². The monoisotopic (exact) mass is 332 g/mol. The van der Waals surface area contributed by atoms with E-state index >= 15 is 0 Å². The van der Waals surface area contributed by atoms with Crippen molar-refractivity contribution in [2.75, 3.05) is 12.8 Å². The number of fused-ring (bicyclic) bond motifs is 1. The largest absolute Gasteiger partial charge is 0.341 e. The molecule has 0 unspecified atom stereocenters. The Morgan fingerprint density at radius 1 is 1.35 bits per heavy atom. The van der Waals surface area contributed by atoms with Crippen molar-refractivity contribution in [1.82, 2.24) is 20.2 Å². The summed E-state index contributed by atoms with van der Waals surface area (Å²) in [5.41, 5.74) is 0.538. The average Bonchev–Trinajstić information content (AvgIpc) is 3.37. The number of hydrogen-bond donors (Lipinski definition) is 2. The Balaban J connectivity index is 1.88. The van der Waals surface area contributed by atoms with Gasteiger partial charge in [0.2, 0.25) is 5.91 Å². The van der Waals surface area contributed by atoms with Crippen LogP contribution in [0, 0.1) is 0 Å². The third-order valence-corrected chi connectivity index (χ3v) is 4.45. The molecule has 1 aromatic heterocycles. The van der Waals surface area contributed by atoms with Gasteiger partial charge in [0.15, 0.2) is 5.16 Å². The molecule has 1 aliphatic carbocycles. The van der Waals surface area contributed by atoms with Crippen LogP contribution in [0.5, 0.6) is 0 Å². The first-order valence-corrected chi connectivity index (χ1v) is 8.24. The molecular formula is C15H16N4O3S. The summed E-state index contributed by atoms with van der Waals surface area (Å²) >= 11 is 1.16. The quantitative estimate of drug-likeness (QED) is 0.650. The van der Waals surface area contributed by atoms with Crippen molar-refractivity contribution in [3.05, 3.63) is 34.6 Å². The van der Waals surface area contributed by atoms with Gasteiger partial charge in [-0.15, -0.1) is 0 Å². The van der Waals surface area contributed by atoms with Crippen molar-refractivity contribution < 1.29 is 9.59 Å². The molecule has 23 heavy (non-hydrogen) atoms. The summed E-state index contributed by atoms with van der Waals surface area (Å²) in [7, 11) is 1.44. The highest BCUT2D eigenvalue weighted by Gasteiger charge is 2.28. The maximum atomic E-state index is 12.6. The molecule has 0 aliphatic heterocycles. The number of thioether (sulfide) groups is 1. The van der Waals surface area contributed by atoms with Gasteiger partial charge in [0, 0.05) is 13.1 Å². The number of urea groups is 1. The van der Waals surface area contributed by atoms with Gasteiger partial charge in [0.25, 0.3) is 5.56 Å². The molecule has 0 bridgehead atoms. The number of hydrogen-bond acceptors (Lipinski definition) is 5. The Bertz CT molecular complexity index is 829. The number of aromatic nitrogens is 2. The number of para-hydroxylation sites is 1.